The molecular formula is C19H16BrN3O3. The topological polar surface area (TPSA) is 73.2 Å². The largest absolute Gasteiger partial charge is 0.465 e. The Balaban J connectivity index is 1.72. The molecule has 0 spiro atoms. The van der Waals surface area contributed by atoms with E-state index in [0.717, 1.165) is 10.0 Å². The molecule has 0 aliphatic heterocycles. The van der Waals surface area contributed by atoms with Crippen molar-refractivity contribution in [1.82, 2.24) is 9.78 Å². The number of methoxy groups -OCH3 is 1. The summed E-state index contributed by atoms with van der Waals surface area (Å²) in [6.07, 6.45) is 3.28. The number of benzene rings is 2. The Bertz CT molecular complexity index is 935. The van der Waals surface area contributed by atoms with Gasteiger partial charge < -0.3 is 10.1 Å². The van der Waals surface area contributed by atoms with Crippen molar-refractivity contribution in [2.75, 3.05) is 12.4 Å². The normalized spacial score (nSPS) is 10.4. The molecule has 6 nitrogen and oxygen atoms in total. The number of esters is 1. The van der Waals surface area contributed by atoms with Gasteiger partial charge in [-0.3, -0.25) is 9.48 Å². The third kappa shape index (κ3) is 4.18. The summed E-state index contributed by atoms with van der Waals surface area (Å²) in [5.74, 6) is -0.608. The highest BCUT2D eigenvalue weighted by atomic mass is 79.9. The number of carbonyl (C=O) groups excluding carboxylic acids is 2. The molecule has 1 amide bonds. The Morgan fingerprint density at radius 1 is 1.15 bits per heavy atom. The minimum Gasteiger partial charge on any atom is -0.465 e. The van der Waals surface area contributed by atoms with E-state index in [1.807, 2.05) is 24.3 Å². The zero-order valence-corrected chi connectivity index (χ0v) is 15.6. The van der Waals surface area contributed by atoms with Crippen LogP contribution in [0.15, 0.2) is 65.4 Å². The van der Waals surface area contributed by atoms with Gasteiger partial charge in [-0.1, -0.05) is 34.1 Å². The summed E-state index contributed by atoms with van der Waals surface area (Å²) >= 11 is 3.34. The number of rotatable bonds is 5. The van der Waals surface area contributed by atoms with Crippen LogP contribution in [0.4, 0.5) is 5.69 Å². The standard InChI is InChI=1S/C19H16BrN3O3/c1-26-19(25)17-5-3-2-4-14(17)11-23-12-16(10-21-23)22-18(24)13-6-8-15(20)9-7-13/h2-10,12H,11H2,1H3,(H,22,24). The van der Waals surface area contributed by atoms with Gasteiger partial charge in [0, 0.05) is 16.2 Å². The van der Waals surface area contributed by atoms with Crippen molar-refractivity contribution in [3.8, 4) is 0 Å². The lowest BCUT2D eigenvalue weighted by Crippen LogP contribution is -2.11. The Morgan fingerprint density at radius 2 is 1.88 bits per heavy atom. The number of carbonyl (C=O) groups is 2. The Kier molecular flexibility index (Phi) is 5.48. The van der Waals surface area contributed by atoms with Crippen molar-refractivity contribution in [3.63, 3.8) is 0 Å². The smallest absolute Gasteiger partial charge is 0.338 e. The number of hydrogen-bond acceptors (Lipinski definition) is 4. The van der Waals surface area contributed by atoms with E-state index in [1.54, 1.807) is 41.3 Å². The predicted octanol–water partition coefficient (Wildman–Crippen LogP) is 3.73. The first-order valence-electron chi connectivity index (χ1n) is 7.82. The second-order valence-corrected chi connectivity index (χ2v) is 6.45. The van der Waals surface area contributed by atoms with Gasteiger partial charge in [0.1, 0.15) is 0 Å². The first kappa shape index (κ1) is 17.9. The summed E-state index contributed by atoms with van der Waals surface area (Å²) < 4.78 is 7.36. The Labute approximate surface area is 158 Å². The van der Waals surface area contributed by atoms with Crippen LogP contribution in [0.3, 0.4) is 0 Å². The van der Waals surface area contributed by atoms with Gasteiger partial charge in [-0.2, -0.15) is 5.10 Å². The van der Waals surface area contributed by atoms with E-state index in [4.69, 9.17) is 4.74 Å². The predicted molar refractivity (Wildman–Crippen MR) is 101 cm³/mol. The first-order valence-corrected chi connectivity index (χ1v) is 8.61. The minimum atomic E-state index is -0.392. The van der Waals surface area contributed by atoms with E-state index in [9.17, 15) is 9.59 Å². The zero-order chi connectivity index (χ0) is 18.5. The Morgan fingerprint density at radius 3 is 2.62 bits per heavy atom. The zero-order valence-electron chi connectivity index (χ0n) is 14.0. The number of nitrogens with one attached hydrogen (secondary N) is 1. The molecule has 0 radical (unpaired) electrons. The summed E-state index contributed by atoms with van der Waals surface area (Å²) in [6.45, 7) is 0.388. The van der Waals surface area contributed by atoms with Crippen LogP contribution >= 0.6 is 15.9 Å². The molecule has 132 valence electrons. The molecule has 0 saturated carbocycles. The molecule has 0 fully saturated rings. The maximum atomic E-state index is 12.3. The molecule has 1 aromatic heterocycles. The highest BCUT2D eigenvalue weighted by Gasteiger charge is 2.12. The summed E-state index contributed by atoms with van der Waals surface area (Å²) in [6, 6.07) is 14.3. The van der Waals surface area contributed by atoms with E-state index < -0.39 is 5.97 Å². The van der Waals surface area contributed by atoms with Crippen LogP contribution in [0.1, 0.15) is 26.3 Å². The van der Waals surface area contributed by atoms with Crippen molar-refractivity contribution >= 4 is 33.5 Å². The number of aromatic nitrogens is 2. The van der Waals surface area contributed by atoms with Crippen molar-refractivity contribution in [3.05, 3.63) is 82.1 Å². The van der Waals surface area contributed by atoms with Crippen molar-refractivity contribution < 1.29 is 14.3 Å². The van der Waals surface area contributed by atoms with Gasteiger partial charge in [0.15, 0.2) is 0 Å². The molecule has 1 heterocycles. The summed E-state index contributed by atoms with van der Waals surface area (Å²) in [4.78, 5) is 24.1. The van der Waals surface area contributed by atoms with Crippen molar-refractivity contribution in [2.24, 2.45) is 0 Å². The van der Waals surface area contributed by atoms with Crippen LogP contribution in [0.25, 0.3) is 0 Å². The number of ether oxygens (including phenoxy) is 1. The molecule has 0 aliphatic carbocycles. The molecule has 1 N–H and O–H groups in total. The molecule has 0 unspecified atom stereocenters. The summed E-state index contributed by atoms with van der Waals surface area (Å²) in [5, 5.41) is 7.04. The SMILES string of the molecule is COC(=O)c1ccccc1Cn1cc(NC(=O)c2ccc(Br)cc2)cn1. The van der Waals surface area contributed by atoms with Crippen LogP contribution in [-0.2, 0) is 11.3 Å². The van der Waals surface area contributed by atoms with Crippen LogP contribution in [0.5, 0.6) is 0 Å². The van der Waals surface area contributed by atoms with Crippen LogP contribution in [-0.4, -0.2) is 28.8 Å². The molecule has 26 heavy (non-hydrogen) atoms. The van der Waals surface area contributed by atoms with Gasteiger partial charge in [0.2, 0.25) is 0 Å². The fourth-order valence-corrected chi connectivity index (χ4v) is 2.73. The van der Waals surface area contributed by atoms with Gasteiger partial charge in [-0.25, -0.2) is 4.79 Å². The van der Waals surface area contributed by atoms with Gasteiger partial charge in [0.25, 0.3) is 5.91 Å². The Hall–Kier alpha value is -2.93. The number of nitrogens with zero attached hydrogens (tertiary/aromatic N) is 2. The lowest BCUT2D eigenvalue weighted by molar-refractivity contribution is 0.0599. The first-order chi connectivity index (χ1) is 12.6. The molecule has 3 aromatic rings. The van der Waals surface area contributed by atoms with Crippen LogP contribution in [0.2, 0.25) is 0 Å². The molecule has 2 aromatic carbocycles. The average molecular weight is 414 g/mol. The van der Waals surface area contributed by atoms with E-state index in [-0.39, 0.29) is 5.91 Å². The second kappa shape index (κ2) is 7.97. The van der Waals surface area contributed by atoms with E-state index in [2.05, 4.69) is 26.3 Å². The second-order valence-electron chi connectivity index (χ2n) is 5.54. The highest BCUT2D eigenvalue weighted by Crippen LogP contribution is 2.15. The van der Waals surface area contributed by atoms with E-state index >= 15 is 0 Å². The minimum absolute atomic E-state index is 0.216. The third-order valence-corrected chi connectivity index (χ3v) is 4.28. The maximum Gasteiger partial charge on any atom is 0.338 e. The maximum absolute atomic E-state index is 12.3. The number of anilines is 1. The summed E-state index contributed by atoms with van der Waals surface area (Å²) in [5.41, 5.74) is 2.41. The third-order valence-electron chi connectivity index (χ3n) is 3.75. The number of amides is 1. The molecule has 0 atom stereocenters. The molecular weight excluding hydrogens is 398 g/mol. The highest BCUT2D eigenvalue weighted by molar-refractivity contribution is 9.10. The van der Waals surface area contributed by atoms with E-state index in [0.29, 0.717) is 23.4 Å². The molecule has 3 rings (SSSR count). The summed E-state index contributed by atoms with van der Waals surface area (Å²) in [7, 11) is 1.35. The fourth-order valence-electron chi connectivity index (χ4n) is 2.46. The number of halogens is 1. The molecule has 0 aliphatic rings. The monoisotopic (exact) mass is 413 g/mol. The molecule has 0 bridgehead atoms. The van der Waals surface area contributed by atoms with E-state index in [1.165, 1.54) is 7.11 Å². The molecule has 0 saturated heterocycles. The van der Waals surface area contributed by atoms with Gasteiger partial charge in [-0.15, -0.1) is 0 Å². The fraction of sp³-hybridized carbons (Fsp3) is 0.105. The van der Waals surface area contributed by atoms with Gasteiger partial charge in [-0.05, 0) is 35.9 Å². The molecule has 7 heteroatoms. The quantitative estimate of drug-likeness (QED) is 0.646. The van der Waals surface area contributed by atoms with Crippen molar-refractivity contribution in [2.45, 2.75) is 6.54 Å². The van der Waals surface area contributed by atoms with Gasteiger partial charge >= 0.3 is 5.97 Å². The van der Waals surface area contributed by atoms with Crippen molar-refractivity contribution in [1.29, 1.82) is 0 Å². The van der Waals surface area contributed by atoms with Crippen LogP contribution < -0.4 is 5.32 Å². The lowest BCUT2D eigenvalue weighted by atomic mass is 10.1. The van der Waals surface area contributed by atoms with Gasteiger partial charge in [0.05, 0.1) is 31.1 Å². The average Bonchev–Trinajstić information content (AvgIpc) is 3.09. The number of hydrogen-bond donors (Lipinski definition) is 1. The van der Waals surface area contributed by atoms with Crippen LogP contribution in [0, 0.1) is 0 Å². The lowest BCUT2D eigenvalue weighted by Gasteiger charge is -2.07.